The van der Waals surface area contributed by atoms with Gasteiger partial charge in [-0.05, 0) is 18.2 Å². The number of hydrogen-bond donors (Lipinski definition) is 2. The second-order valence-corrected chi connectivity index (χ2v) is 5.12. The highest BCUT2D eigenvalue weighted by molar-refractivity contribution is 6.43. The molecule has 26 heavy (non-hydrogen) atoms. The van der Waals surface area contributed by atoms with Gasteiger partial charge in [0.2, 0.25) is 6.79 Å². The van der Waals surface area contributed by atoms with Crippen LogP contribution in [0.1, 0.15) is 0 Å². The Morgan fingerprint density at radius 2 is 1.81 bits per heavy atom. The van der Waals surface area contributed by atoms with Crippen LogP contribution in [0.2, 0.25) is 0 Å². The number of ether oxygens (including phenoxy) is 3. The molecule has 2 aromatic carbocycles. The first-order valence-corrected chi connectivity index (χ1v) is 7.32. The van der Waals surface area contributed by atoms with Gasteiger partial charge in [0.05, 0.1) is 17.7 Å². The summed E-state index contributed by atoms with van der Waals surface area (Å²) < 4.78 is 15.4. The van der Waals surface area contributed by atoms with Crippen molar-refractivity contribution in [1.29, 1.82) is 0 Å². The molecule has 0 spiro atoms. The summed E-state index contributed by atoms with van der Waals surface area (Å²) in [5.74, 6) is -0.809. The van der Waals surface area contributed by atoms with Crippen molar-refractivity contribution in [3.63, 3.8) is 0 Å². The zero-order chi connectivity index (χ0) is 18.7. The Kier molecular flexibility index (Phi) is 4.56. The van der Waals surface area contributed by atoms with Crippen LogP contribution in [-0.2, 0) is 9.59 Å². The highest BCUT2D eigenvalue weighted by atomic mass is 16.7. The number of carbonyl (C=O) groups is 2. The van der Waals surface area contributed by atoms with E-state index in [1.165, 1.54) is 25.3 Å². The molecule has 10 heteroatoms. The van der Waals surface area contributed by atoms with E-state index in [0.717, 1.165) is 6.07 Å². The van der Waals surface area contributed by atoms with E-state index in [4.69, 9.17) is 14.2 Å². The van der Waals surface area contributed by atoms with Crippen LogP contribution in [0.15, 0.2) is 36.4 Å². The molecule has 0 saturated carbocycles. The van der Waals surface area contributed by atoms with Crippen LogP contribution in [0.4, 0.5) is 17.1 Å². The molecule has 0 bridgehead atoms. The molecular weight excluding hydrogens is 346 g/mol. The van der Waals surface area contributed by atoms with Crippen LogP contribution >= 0.6 is 0 Å². The number of fused-ring (bicyclic) bond motifs is 1. The highest BCUT2D eigenvalue weighted by Gasteiger charge is 2.20. The average molecular weight is 359 g/mol. The predicted octanol–water partition coefficient (Wildman–Crippen LogP) is 1.91. The van der Waals surface area contributed by atoms with Gasteiger partial charge in [-0.1, -0.05) is 0 Å². The van der Waals surface area contributed by atoms with Crippen LogP contribution in [0.3, 0.4) is 0 Å². The lowest BCUT2D eigenvalue weighted by Crippen LogP contribution is -2.29. The summed E-state index contributed by atoms with van der Waals surface area (Å²) in [5.41, 5.74) is 0.0882. The Morgan fingerprint density at radius 1 is 1.08 bits per heavy atom. The first kappa shape index (κ1) is 17.0. The van der Waals surface area contributed by atoms with Gasteiger partial charge in [-0.3, -0.25) is 19.7 Å². The van der Waals surface area contributed by atoms with Gasteiger partial charge in [-0.25, -0.2) is 0 Å². The molecule has 0 unspecified atom stereocenters. The van der Waals surface area contributed by atoms with E-state index in [-0.39, 0.29) is 23.9 Å². The number of rotatable bonds is 4. The number of nitro benzene ring substituents is 1. The average Bonchev–Trinajstić information content (AvgIpc) is 3.09. The van der Waals surface area contributed by atoms with Gasteiger partial charge in [0.25, 0.3) is 5.69 Å². The van der Waals surface area contributed by atoms with Crippen molar-refractivity contribution < 1.29 is 28.7 Å². The minimum atomic E-state index is -1.01. The monoisotopic (exact) mass is 359 g/mol. The maximum atomic E-state index is 12.1. The number of nitrogens with one attached hydrogen (secondary N) is 2. The maximum Gasteiger partial charge on any atom is 0.314 e. The van der Waals surface area contributed by atoms with Gasteiger partial charge in [-0.2, -0.15) is 0 Å². The zero-order valence-electron chi connectivity index (χ0n) is 13.5. The lowest BCUT2D eigenvalue weighted by Gasteiger charge is -2.10. The fourth-order valence-electron chi connectivity index (χ4n) is 2.25. The first-order chi connectivity index (χ1) is 12.5. The molecule has 10 nitrogen and oxygen atoms in total. The molecular formula is C16H13N3O7. The molecule has 0 radical (unpaired) electrons. The van der Waals surface area contributed by atoms with Crippen molar-refractivity contribution in [2.45, 2.75) is 0 Å². The van der Waals surface area contributed by atoms with Crippen molar-refractivity contribution in [1.82, 2.24) is 0 Å². The number of anilines is 2. The second-order valence-electron chi connectivity index (χ2n) is 5.12. The number of amides is 2. The van der Waals surface area contributed by atoms with Gasteiger partial charge in [-0.15, -0.1) is 0 Å². The smallest absolute Gasteiger partial charge is 0.314 e. The predicted molar refractivity (Wildman–Crippen MR) is 89.5 cm³/mol. The Hall–Kier alpha value is -3.82. The van der Waals surface area contributed by atoms with Crippen LogP contribution < -0.4 is 24.8 Å². The van der Waals surface area contributed by atoms with Gasteiger partial charge in [0.15, 0.2) is 11.5 Å². The number of hydrogen-bond acceptors (Lipinski definition) is 7. The maximum absolute atomic E-state index is 12.1. The normalized spacial score (nSPS) is 11.6. The minimum Gasteiger partial charge on any atom is -0.495 e. The van der Waals surface area contributed by atoms with E-state index < -0.39 is 16.7 Å². The number of methoxy groups -OCH3 is 1. The third-order valence-electron chi connectivity index (χ3n) is 3.48. The summed E-state index contributed by atoms with van der Waals surface area (Å²) in [6.07, 6.45) is 0. The summed E-state index contributed by atoms with van der Waals surface area (Å²) in [7, 11) is 1.34. The van der Waals surface area contributed by atoms with Crippen LogP contribution in [0, 0.1) is 10.1 Å². The molecule has 2 aromatic rings. The number of non-ortho nitro benzene ring substituents is 1. The Balaban J connectivity index is 1.72. The van der Waals surface area contributed by atoms with Crippen molar-refractivity contribution in [2.24, 2.45) is 0 Å². The molecule has 0 atom stereocenters. The fraction of sp³-hybridized carbons (Fsp3) is 0.125. The highest BCUT2D eigenvalue weighted by Crippen LogP contribution is 2.34. The van der Waals surface area contributed by atoms with Gasteiger partial charge < -0.3 is 24.8 Å². The molecule has 1 aliphatic rings. The van der Waals surface area contributed by atoms with E-state index in [9.17, 15) is 19.7 Å². The van der Waals surface area contributed by atoms with Crippen LogP contribution in [-0.4, -0.2) is 30.6 Å². The summed E-state index contributed by atoms with van der Waals surface area (Å²) >= 11 is 0. The quantitative estimate of drug-likeness (QED) is 0.484. The topological polar surface area (TPSA) is 129 Å². The lowest BCUT2D eigenvalue weighted by atomic mass is 10.2. The molecule has 0 saturated heterocycles. The van der Waals surface area contributed by atoms with E-state index in [1.807, 2.05) is 0 Å². The van der Waals surface area contributed by atoms with E-state index >= 15 is 0 Å². The van der Waals surface area contributed by atoms with Gasteiger partial charge >= 0.3 is 11.8 Å². The summed E-state index contributed by atoms with van der Waals surface area (Å²) in [6, 6.07) is 8.31. The van der Waals surface area contributed by atoms with Crippen molar-refractivity contribution >= 4 is 28.9 Å². The summed E-state index contributed by atoms with van der Waals surface area (Å²) in [6.45, 7) is 0.0831. The molecule has 0 aromatic heterocycles. The van der Waals surface area contributed by atoms with E-state index in [2.05, 4.69) is 10.6 Å². The summed E-state index contributed by atoms with van der Waals surface area (Å²) in [5, 5.41) is 15.6. The molecule has 3 rings (SSSR count). The molecule has 0 aliphatic carbocycles. The van der Waals surface area contributed by atoms with Crippen molar-refractivity contribution in [3.8, 4) is 17.2 Å². The first-order valence-electron chi connectivity index (χ1n) is 7.32. The third kappa shape index (κ3) is 3.48. The molecule has 134 valence electrons. The zero-order valence-corrected chi connectivity index (χ0v) is 13.5. The molecule has 2 N–H and O–H groups in total. The largest absolute Gasteiger partial charge is 0.495 e. The Morgan fingerprint density at radius 3 is 2.54 bits per heavy atom. The van der Waals surface area contributed by atoms with E-state index in [0.29, 0.717) is 17.2 Å². The Bertz CT molecular complexity index is 897. The van der Waals surface area contributed by atoms with Crippen LogP contribution in [0.25, 0.3) is 0 Å². The Labute approximate surface area is 146 Å². The van der Waals surface area contributed by atoms with E-state index in [1.54, 1.807) is 12.1 Å². The SMILES string of the molecule is COc1ccc([N+](=O)[O-])cc1NC(=O)C(=O)Nc1ccc2c(c1)OCO2. The third-order valence-corrected chi connectivity index (χ3v) is 3.48. The van der Waals surface area contributed by atoms with Crippen molar-refractivity contribution in [2.75, 3.05) is 24.5 Å². The minimum absolute atomic E-state index is 0.00698. The molecule has 1 aliphatic heterocycles. The lowest BCUT2D eigenvalue weighted by molar-refractivity contribution is -0.384. The van der Waals surface area contributed by atoms with Crippen LogP contribution in [0.5, 0.6) is 17.2 Å². The fourth-order valence-corrected chi connectivity index (χ4v) is 2.25. The molecule has 0 fully saturated rings. The van der Waals surface area contributed by atoms with Gasteiger partial charge in [0, 0.05) is 23.9 Å². The standard InChI is InChI=1S/C16H13N3O7/c1-24-12-5-3-10(19(22)23)7-11(12)18-16(21)15(20)17-9-2-4-13-14(6-9)26-8-25-13/h2-7H,8H2,1H3,(H,17,20)(H,18,21). The number of nitro groups is 1. The number of carbonyl (C=O) groups excluding carboxylic acids is 2. The van der Waals surface area contributed by atoms with Gasteiger partial charge in [0.1, 0.15) is 5.75 Å². The summed E-state index contributed by atoms with van der Waals surface area (Å²) in [4.78, 5) is 34.4. The number of nitrogens with zero attached hydrogens (tertiary/aromatic N) is 1. The number of benzene rings is 2. The second kappa shape index (κ2) is 6.97. The van der Waals surface area contributed by atoms with Crippen molar-refractivity contribution in [3.05, 3.63) is 46.5 Å². The molecule has 2 amide bonds. The molecule has 1 heterocycles.